The number of halogens is 4. The number of nitrogens with one attached hydrogen (secondary N) is 2. The number of carbonyl (C=O) groups excluding carboxylic acids is 2. The third-order valence-electron chi connectivity index (χ3n) is 4.43. The Kier molecular flexibility index (Phi) is 7.52. The predicted octanol–water partition coefficient (Wildman–Crippen LogP) is 3.97. The highest BCUT2D eigenvalue weighted by Crippen LogP contribution is 2.31. The summed E-state index contributed by atoms with van der Waals surface area (Å²) in [5.41, 5.74) is 0.443. The Labute approximate surface area is 165 Å². The van der Waals surface area contributed by atoms with Crippen molar-refractivity contribution < 1.29 is 36.6 Å². The Morgan fingerprint density at radius 3 is 2.66 bits per heavy atom. The van der Waals surface area contributed by atoms with Crippen LogP contribution in [0, 0.1) is 6.92 Å². The number of likely N-dealkylation sites (tertiary alicyclic amines) is 1. The summed E-state index contributed by atoms with van der Waals surface area (Å²) in [6.07, 6.45) is -6.83. The second-order valence-corrected chi connectivity index (χ2v) is 6.57. The van der Waals surface area contributed by atoms with Crippen LogP contribution in [-0.4, -0.2) is 55.8 Å². The van der Waals surface area contributed by atoms with Gasteiger partial charge in [-0.1, -0.05) is 0 Å². The lowest BCUT2D eigenvalue weighted by atomic mass is 10.0. The van der Waals surface area contributed by atoms with Gasteiger partial charge in [0.05, 0.1) is 6.04 Å². The minimum Gasteiger partial charge on any atom is -0.447 e. The molecule has 3 amide bonds. The lowest BCUT2D eigenvalue weighted by Gasteiger charge is -2.35. The third kappa shape index (κ3) is 6.13. The maximum atomic E-state index is 13.1. The van der Waals surface area contributed by atoms with Crippen LogP contribution in [0.5, 0.6) is 5.75 Å². The van der Waals surface area contributed by atoms with Crippen LogP contribution < -0.4 is 15.4 Å². The predicted molar refractivity (Wildman–Crippen MR) is 96.5 cm³/mol. The van der Waals surface area contributed by atoms with E-state index in [1.165, 1.54) is 31.0 Å². The molecule has 0 radical (unpaired) electrons. The number of anilines is 1. The lowest BCUT2D eigenvalue weighted by molar-refractivity contribution is -0.253. The van der Waals surface area contributed by atoms with Crippen molar-refractivity contribution in [3.8, 4) is 5.75 Å². The minimum absolute atomic E-state index is 0.0433. The molecule has 0 aromatic heterocycles. The molecule has 0 saturated carbocycles. The molecule has 0 bridgehead atoms. The van der Waals surface area contributed by atoms with E-state index in [-0.39, 0.29) is 23.9 Å². The highest BCUT2D eigenvalue weighted by Gasteiger charge is 2.44. The standard InChI is InChI=1S/C18H23F4N3O4/c1-11-9-12(6-7-14(11)29-18(21,22)15(19)20)24-16(26)25-8-4-3-5-13(25)10-28-17(27)23-2/h6-7,9,13,15H,3-5,8,10H2,1-2H3,(H,23,27)(H,24,26). The quantitative estimate of drug-likeness (QED) is 0.681. The molecule has 1 atom stereocenters. The number of urea groups is 1. The van der Waals surface area contributed by atoms with Crippen LogP contribution in [0.1, 0.15) is 24.8 Å². The molecular weight excluding hydrogens is 398 g/mol. The zero-order valence-corrected chi connectivity index (χ0v) is 16.0. The molecule has 0 aliphatic carbocycles. The zero-order chi connectivity index (χ0) is 21.6. The molecule has 0 spiro atoms. The van der Waals surface area contributed by atoms with Gasteiger partial charge >= 0.3 is 24.7 Å². The molecular formula is C18H23F4N3O4. The van der Waals surface area contributed by atoms with Gasteiger partial charge in [-0.15, -0.1) is 0 Å². The Hall–Kier alpha value is -2.72. The van der Waals surface area contributed by atoms with E-state index in [9.17, 15) is 27.2 Å². The van der Waals surface area contributed by atoms with Crippen molar-refractivity contribution in [1.82, 2.24) is 10.2 Å². The molecule has 29 heavy (non-hydrogen) atoms. The van der Waals surface area contributed by atoms with Crippen molar-refractivity contribution in [2.24, 2.45) is 0 Å². The molecule has 1 saturated heterocycles. The topological polar surface area (TPSA) is 79.9 Å². The molecule has 11 heteroatoms. The normalized spacial score (nSPS) is 17.1. The first kappa shape index (κ1) is 22.6. The highest BCUT2D eigenvalue weighted by molar-refractivity contribution is 5.89. The van der Waals surface area contributed by atoms with Gasteiger partial charge < -0.3 is 25.0 Å². The third-order valence-corrected chi connectivity index (χ3v) is 4.43. The first-order valence-corrected chi connectivity index (χ1v) is 9.01. The Bertz CT molecular complexity index is 733. The van der Waals surface area contributed by atoms with Gasteiger partial charge in [0.2, 0.25) is 0 Å². The fraction of sp³-hybridized carbons (Fsp3) is 0.556. The number of rotatable bonds is 6. The van der Waals surface area contributed by atoms with Crippen LogP contribution in [0.15, 0.2) is 18.2 Å². The molecule has 1 aliphatic rings. The van der Waals surface area contributed by atoms with Gasteiger partial charge in [0.25, 0.3) is 0 Å². The van der Waals surface area contributed by atoms with Crippen molar-refractivity contribution in [2.75, 3.05) is 25.5 Å². The van der Waals surface area contributed by atoms with Crippen LogP contribution in [0.25, 0.3) is 0 Å². The second kappa shape index (κ2) is 9.66. The largest absolute Gasteiger partial charge is 0.461 e. The van der Waals surface area contributed by atoms with E-state index in [2.05, 4.69) is 15.4 Å². The summed E-state index contributed by atoms with van der Waals surface area (Å²) in [6.45, 7) is 1.91. The summed E-state index contributed by atoms with van der Waals surface area (Å²) < 4.78 is 59.9. The number of nitrogens with zero attached hydrogens (tertiary/aromatic N) is 1. The summed E-state index contributed by atoms with van der Waals surface area (Å²) in [5, 5.41) is 4.97. The van der Waals surface area contributed by atoms with Gasteiger partial charge in [0, 0.05) is 19.3 Å². The summed E-state index contributed by atoms with van der Waals surface area (Å²) in [6, 6.07) is 2.97. The molecule has 162 valence electrons. The van der Waals surface area contributed by atoms with Gasteiger partial charge in [-0.25, -0.2) is 9.59 Å². The first-order chi connectivity index (χ1) is 13.6. The van der Waals surface area contributed by atoms with E-state index in [1.807, 2.05) is 0 Å². The fourth-order valence-electron chi connectivity index (χ4n) is 2.91. The van der Waals surface area contributed by atoms with E-state index in [0.717, 1.165) is 18.9 Å². The summed E-state index contributed by atoms with van der Waals surface area (Å²) >= 11 is 0. The monoisotopic (exact) mass is 421 g/mol. The molecule has 2 rings (SSSR count). The summed E-state index contributed by atoms with van der Waals surface area (Å²) in [4.78, 5) is 25.4. The molecule has 1 unspecified atom stereocenters. The van der Waals surface area contributed by atoms with Crippen molar-refractivity contribution in [1.29, 1.82) is 0 Å². The molecule has 1 fully saturated rings. The summed E-state index contributed by atoms with van der Waals surface area (Å²) in [7, 11) is 1.43. The average molecular weight is 421 g/mol. The maximum absolute atomic E-state index is 13.1. The van der Waals surface area contributed by atoms with Gasteiger partial charge in [-0.05, 0) is 49.9 Å². The fourth-order valence-corrected chi connectivity index (χ4v) is 2.91. The van der Waals surface area contributed by atoms with Crippen LogP contribution in [0.4, 0.5) is 32.8 Å². The number of amides is 3. The zero-order valence-electron chi connectivity index (χ0n) is 16.0. The number of aryl methyl sites for hydroxylation is 1. The number of carbonyl (C=O) groups is 2. The minimum atomic E-state index is -4.61. The van der Waals surface area contributed by atoms with E-state index in [1.54, 1.807) is 0 Å². The van der Waals surface area contributed by atoms with Crippen LogP contribution in [-0.2, 0) is 4.74 Å². The van der Waals surface area contributed by atoms with E-state index in [0.29, 0.717) is 13.0 Å². The lowest BCUT2D eigenvalue weighted by Crippen LogP contribution is -2.48. The highest BCUT2D eigenvalue weighted by atomic mass is 19.3. The van der Waals surface area contributed by atoms with E-state index < -0.39 is 30.4 Å². The Balaban J connectivity index is 2.03. The number of alkyl carbamates (subject to hydrolysis) is 1. The van der Waals surface area contributed by atoms with Crippen LogP contribution in [0.3, 0.4) is 0 Å². The first-order valence-electron chi connectivity index (χ1n) is 9.01. The van der Waals surface area contributed by atoms with Gasteiger partial charge in [-0.3, -0.25) is 0 Å². The van der Waals surface area contributed by atoms with Crippen molar-refractivity contribution in [2.45, 2.75) is 44.8 Å². The number of alkyl halides is 4. The second-order valence-electron chi connectivity index (χ2n) is 6.57. The SMILES string of the molecule is CNC(=O)OCC1CCCCN1C(=O)Nc1ccc(OC(F)(F)C(F)F)c(C)c1. The smallest absolute Gasteiger partial charge is 0.447 e. The molecule has 7 nitrogen and oxygen atoms in total. The molecule has 2 N–H and O–H groups in total. The van der Waals surface area contributed by atoms with Gasteiger partial charge in [0.15, 0.2) is 0 Å². The molecule has 1 aliphatic heterocycles. The number of hydrogen-bond donors (Lipinski definition) is 2. The molecule has 1 aromatic carbocycles. The summed E-state index contributed by atoms with van der Waals surface area (Å²) in [5.74, 6) is -0.414. The van der Waals surface area contributed by atoms with Crippen LogP contribution >= 0.6 is 0 Å². The number of ether oxygens (including phenoxy) is 2. The molecule has 1 heterocycles. The van der Waals surface area contributed by atoms with Crippen molar-refractivity contribution in [3.05, 3.63) is 23.8 Å². The molecule has 1 aromatic rings. The number of benzene rings is 1. The number of hydrogen-bond acceptors (Lipinski definition) is 4. The Morgan fingerprint density at radius 2 is 2.03 bits per heavy atom. The van der Waals surface area contributed by atoms with Crippen molar-refractivity contribution in [3.63, 3.8) is 0 Å². The van der Waals surface area contributed by atoms with Crippen LogP contribution in [0.2, 0.25) is 0 Å². The average Bonchev–Trinajstić information content (AvgIpc) is 2.68. The maximum Gasteiger partial charge on any atom is 0.461 e. The number of piperidine rings is 1. The Morgan fingerprint density at radius 1 is 1.31 bits per heavy atom. The van der Waals surface area contributed by atoms with Crippen molar-refractivity contribution >= 4 is 17.8 Å². The van der Waals surface area contributed by atoms with E-state index in [4.69, 9.17) is 4.74 Å². The van der Waals surface area contributed by atoms with Gasteiger partial charge in [0.1, 0.15) is 12.4 Å². The van der Waals surface area contributed by atoms with Gasteiger partial charge in [-0.2, -0.15) is 17.6 Å². The van der Waals surface area contributed by atoms with E-state index >= 15 is 0 Å².